The minimum atomic E-state index is -1.97. The minimum absolute atomic E-state index is 0.0245. The first-order valence-electron chi connectivity index (χ1n) is 26.5. The number of rotatable bonds is 17. The lowest BCUT2D eigenvalue weighted by Crippen LogP contribution is -2.62. The third kappa shape index (κ3) is 16.1. The summed E-state index contributed by atoms with van der Waals surface area (Å²) in [5, 5.41) is 42.3. The van der Waals surface area contributed by atoms with Crippen LogP contribution in [0.25, 0.3) is 0 Å². The van der Waals surface area contributed by atoms with Crippen molar-refractivity contribution in [2.75, 3.05) is 34.4 Å². The van der Waals surface area contributed by atoms with E-state index in [9.17, 15) is 29.7 Å². The maximum atomic E-state index is 14.7. The molecular weight excluding hydrogens is 921 g/mol. The van der Waals surface area contributed by atoms with Crippen LogP contribution in [-0.2, 0) is 52.3 Å². The quantitative estimate of drug-likeness (QED) is 0.0474. The van der Waals surface area contributed by atoms with E-state index in [4.69, 9.17) is 42.7 Å². The molecule has 3 aliphatic heterocycles. The standard InChI is InChI=1S/C52H94N4O15/c1-16-25-53-54-49(60)70-43-38(56(13)14)27-31(4)65-48(43)71-45-33(6)42(69-40-29-51(11,63-15)46(35(8)66-40)67-36(9)57)34(7)47(59)68-39(17-2)52(12,62)44(58)32(5)41(30(3)28-50(45,10)61)55-64-26-21-24-37-22-19-18-20-23-37/h30-35,37-40,42-46,48,53,58,61-62H,16-29H2,1-15H3,(H,54,60)/b55-41+/t30-,31-,32+,33+,34-,35+,38+,39-,40+,42+,43-,44-,45-,46+,48+,50?,51-,52-/m1/s1. The number of aliphatic hydroxyl groups is 3. The zero-order chi connectivity index (χ0) is 53.0. The summed E-state index contributed by atoms with van der Waals surface area (Å²) in [5.74, 6) is -4.07. The van der Waals surface area contributed by atoms with Gasteiger partial charge in [0.05, 0.1) is 53.8 Å². The Kier molecular flexibility index (Phi) is 23.3. The van der Waals surface area contributed by atoms with Crippen molar-refractivity contribution >= 4 is 23.7 Å². The van der Waals surface area contributed by atoms with Crippen molar-refractivity contribution in [2.24, 2.45) is 34.7 Å². The van der Waals surface area contributed by atoms with Crippen LogP contribution in [0.1, 0.15) is 160 Å². The number of hydrogen-bond acceptors (Lipinski definition) is 18. The lowest BCUT2D eigenvalue weighted by Gasteiger charge is -2.49. The summed E-state index contributed by atoms with van der Waals surface area (Å²) < 4.78 is 51.0. The number of nitrogens with one attached hydrogen (secondary N) is 2. The van der Waals surface area contributed by atoms with Crippen LogP contribution in [0, 0.1) is 29.6 Å². The van der Waals surface area contributed by atoms with Crippen LogP contribution in [0.5, 0.6) is 0 Å². The first-order chi connectivity index (χ1) is 33.3. The number of hydrazine groups is 1. The van der Waals surface area contributed by atoms with Crippen molar-refractivity contribution in [3.8, 4) is 0 Å². The van der Waals surface area contributed by atoms with Crippen LogP contribution in [0.2, 0.25) is 0 Å². The molecule has 19 heteroatoms. The zero-order valence-corrected chi connectivity index (χ0v) is 45.8. The van der Waals surface area contributed by atoms with Crippen molar-refractivity contribution in [1.29, 1.82) is 0 Å². The average molecular weight is 1020 g/mol. The fourth-order valence-electron chi connectivity index (χ4n) is 11.5. The fraction of sp³-hybridized carbons (Fsp3) is 0.923. The molecule has 18 atom stereocenters. The molecule has 1 aliphatic carbocycles. The number of methoxy groups -OCH3 is 1. The number of esters is 2. The number of ether oxygens (including phenoxy) is 8. The number of oxime groups is 1. The van der Waals surface area contributed by atoms with E-state index in [1.165, 1.54) is 53.1 Å². The molecule has 0 aromatic carbocycles. The van der Waals surface area contributed by atoms with E-state index < -0.39 is 114 Å². The van der Waals surface area contributed by atoms with Crippen LogP contribution in [0.4, 0.5) is 4.79 Å². The molecule has 4 fully saturated rings. The Morgan fingerprint density at radius 2 is 1.58 bits per heavy atom. The summed E-state index contributed by atoms with van der Waals surface area (Å²) in [6, 6.07) is -0.386. The molecule has 19 nitrogen and oxygen atoms in total. The predicted molar refractivity (Wildman–Crippen MR) is 266 cm³/mol. The number of hydrogen-bond donors (Lipinski definition) is 5. The Morgan fingerprint density at radius 1 is 0.901 bits per heavy atom. The Bertz CT molecular complexity index is 1700. The molecule has 3 saturated heterocycles. The van der Waals surface area contributed by atoms with E-state index in [-0.39, 0.29) is 31.4 Å². The maximum Gasteiger partial charge on any atom is 0.422 e. The largest absolute Gasteiger partial charge is 0.459 e. The maximum absolute atomic E-state index is 14.7. The van der Waals surface area contributed by atoms with E-state index >= 15 is 0 Å². The molecule has 3 heterocycles. The molecule has 71 heavy (non-hydrogen) atoms. The SMILES string of the molecule is CCCNNC(=O)O[C@H]1[C@H](O[C@@H]2[C@@H](C)[C@H](O[C@H]3C[C@@](C)(OC)[C@@H](OC(C)=O)[C@H](C)O3)[C@@H](C)C(=O)O[C@H](CC)[C@@](C)(O)[C@H](O)[C@@H](C)/C(=N/OCCCC3CCCCC3)[C@H](C)CC2(C)O)O[C@H](C)C[C@@H]1N(C)C. The Labute approximate surface area is 424 Å². The van der Waals surface area contributed by atoms with Crippen molar-refractivity contribution in [2.45, 2.75) is 244 Å². The molecule has 0 aromatic rings. The van der Waals surface area contributed by atoms with Gasteiger partial charge >= 0.3 is 18.0 Å². The van der Waals surface area contributed by atoms with Gasteiger partial charge in [0.15, 0.2) is 24.8 Å². The van der Waals surface area contributed by atoms with Gasteiger partial charge in [-0.15, -0.1) is 0 Å². The van der Waals surface area contributed by atoms with Crippen LogP contribution < -0.4 is 10.9 Å². The molecule has 5 N–H and O–H groups in total. The second kappa shape index (κ2) is 27.2. The Hall–Kier alpha value is -2.72. The highest BCUT2D eigenvalue weighted by atomic mass is 16.7. The highest BCUT2D eigenvalue weighted by molar-refractivity contribution is 5.88. The van der Waals surface area contributed by atoms with Gasteiger partial charge in [0.2, 0.25) is 0 Å². The van der Waals surface area contributed by atoms with Crippen molar-refractivity contribution in [1.82, 2.24) is 15.8 Å². The number of aliphatic hydroxyl groups excluding tert-OH is 1. The molecule has 0 spiro atoms. The first-order valence-corrected chi connectivity index (χ1v) is 26.5. The molecule has 4 rings (SSSR count). The number of carbonyl (C=O) groups is 3. The van der Waals surface area contributed by atoms with Crippen LogP contribution in [-0.4, -0.2) is 163 Å². The summed E-state index contributed by atoms with van der Waals surface area (Å²) in [5.41, 5.74) is 0.980. The highest BCUT2D eigenvalue weighted by Crippen LogP contribution is 2.42. The lowest BCUT2D eigenvalue weighted by atomic mass is 9.73. The second-order valence-electron chi connectivity index (χ2n) is 22.1. The monoisotopic (exact) mass is 1010 g/mol. The van der Waals surface area contributed by atoms with Gasteiger partial charge in [-0.3, -0.25) is 15.0 Å². The van der Waals surface area contributed by atoms with E-state index in [0.29, 0.717) is 31.2 Å². The molecule has 0 radical (unpaired) electrons. The molecule has 0 bridgehead atoms. The van der Waals surface area contributed by atoms with Gasteiger partial charge in [0.1, 0.15) is 23.9 Å². The molecule has 1 unspecified atom stereocenters. The van der Waals surface area contributed by atoms with Crippen molar-refractivity contribution in [3.05, 3.63) is 0 Å². The molecule has 4 aliphatic rings. The second-order valence-corrected chi connectivity index (χ2v) is 22.1. The number of cyclic esters (lactones) is 1. The van der Waals surface area contributed by atoms with E-state index in [2.05, 4.69) is 16.0 Å². The highest BCUT2D eigenvalue weighted by Gasteiger charge is 2.55. The van der Waals surface area contributed by atoms with Crippen molar-refractivity contribution < 1.29 is 72.4 Å². The fourth-order valence-corrected chi connectivity index (χ4v) is 11.5. The van der Waals surface area contributed by atoms with Gasteiger partial charge in [0, 0.05) is 44.8 Å². The summed E-state index contributed by atoms with van der Waals surface area (Å²) in [4.78, 5) is 48.4. The molecule has 412 valence electrons. The molecule has 1 saturated carbocycles. The number of carbonyl (C=O) groups excluding carboxylic acids is 3. The van der Waals surface area contributed by atoms with Crippen LogP contribution in [0.15, 0.2) is 5.16 Å². The third-order valence-electron chi connectivity index (χ3n) is 15.6. The van der Waals surface area contributed by atoms with Gasteiger partial charge in [-0.05, 0) is 100 Å². The number of nitrogens with zero attached hydrogens (tertiary/aromatic N) is 2. The smallest absolute Gasteiger partial charge is 0.422 e. The summed E-state index contributed by atoms with van der Waals surface area (Å²) in [6.07, 6.45) is -1.60. The van der Waals surface area contributed by atoms with E-state index in [1.807, 2.05) is 39.8 Å². The average Bonchev–Trinajstić information content (AvgIpc) is 3.30. The van der Waals surface area contributed by atoms with Gasteiger partial charge in [-0.25, -0.2) is 10.2 Å². The first kappa shape index (κ1) is 60.8. The predicted octanol–water partition coefficient (Wildman–Crippen LogP) is 6.17. The van der Waals surface area contributed by atoms with Gasteiger partial charge in [-0.2, -0.15) is 0 Å². The van der Waals surface area contributed by atoms with E-state index in [0.717, 1.165) is 19.3 Å². The minimum Gasteiger partial charge on any atom is -0.459 e. The summed E-state index contributed by atoms with van der Waals surface area (Å²) >= 11 is 0. The number of likely N-dealkylation sites (N-methyl/N-ethyl adjacent to an activating group) is 1. The molecule has 1 amide bonds. The van der Waals surface area contributed by atoms with E-state index in [1.54, 1.807) is 48.5 Å². The normalized spacial score (nSPS) is 40.9. The summed E-state index contributed by atoms with van der Waals surface area (Å²) in [6.45, 7) is 21.4. The van der Waals surface area contributed by atoms with Gasteiger partial charge in [0.25, 0.3) is 0 Å². The van der Waals surface area contributed by atoms with Crippen LogP contribution in [0.3, 0.4) is 0 Å². The number of amides is 1. The van der Waals surface area contributed by atoms with Crippen molar-refractivity contribution in [3.63, 3.8) is 0 Å². The Balaban J connectivity index is 1.87. The van der Waals surface area contributed by atoms with Gasteiger partial charge < -0.3 is 63.0 Å². The zero-order valence-electron chi connectivity index (χ0n) is 45.8. The topological polar surface area (TPSA) is 235 Å². The van der Waals surface area contributed by atoms with Gasteiger partial charge in [-0.1, -0.05) is 71.9 Å². The lowest BCUT2D eigenvalue weighted by molar-refractivity contribution is -0.318. The summed E-state index contributed by atoms with van der Waals surface area (Å²) in [7, 11) is 5.26. The van der Waals surface area contributed by atoms with Crippen LogP contribution >= 0.6 is 0 Å². The molecular formula is C52H94N4O15. The molecule has 0 aromatic heterocycles. The Morgan fingerprint density at radius 3 is 2.18 bits per heavy atom. The third-order valence-corrected chi connectivity index (χ3v) is 15.6.